The van der Waals surface area contributed by atoms with Gasteiger partial charge in [-0.2, -0.15) is 8.42 Å². The lowest BCUT2D eigenvalue weighted by atomic mass is 9.84. The predicted molar refractivity (Wildman–Crippen MR) is 106 cm³/mol. The number of hydrogen-bond acceptors (Lipinski definition) is 4. The standard InChI is InChI=1S/C21H24N2O3S/c1-21(18-10-5-3-6-11-18,19-12-7-4-8-13-19)23-16-20(22-17-23)14-9-15-26-27(2,24)25/h3-8,10-13,16-17H,9,14-15H2,1-2H3. The molecule has 0 atom stereocenters. The molecule has 2 aromatic carbocycles. The topological polar surface area (TPSA) is 61.2 Å². The predicted octanol–water partition coefficient (Wildman–Crippen LogP) is 3.60. The molecule has 0 spiro atoms. The average Bonchev–Trinajstić information content (AvgIpc) is 3.15. The largest absolute Gasteiger partial charge is 0.323 e. The Morgan fingerprint density at radius 1 is 1.00 bits per heavy atom. The fourth-order valence-corrected chi connectivity index (χ4v) is 3.61. The maximum atomic E-state index is 11.0. The third-order valence-corrected chi connectivity index (χ3v) is 5.29. The molecule has 1 aromatic heterocycles. The number of rotatable bonds is 8. The van der Waals surface area contributed by atoms with Crippen LogP contribution in [0, 0.1) is 0 Å². The highest BCUT2D eigenvalue weighted by Gasteiger charge is 2.30. The summed E-state index contributed by atoms with van der Waals surface area (Å²) >= 11 is 0. The van der Waals surface area contributed by atoms with Crippen molar-refractivity contribution in [2.45, 2.75) is 25.3 Å². The zero-order valence-corrected chi connectivity index (χ0v) is 16.4. The smallest absolute Gasteiger partial charge is 0.264 e. The summed E-state index contributed by atoms with van der Waals surface area (Å²) in [6.45, 7) is 2.34. The van der Waals surface area contributed by atoms with Gasteiger partial charge in [0.15, 0.2) is 0 Å². The molecule has 0 aliphatic carbocycles. The van der Waals surface area contributed by atoms with Gasteiger partial charge in [-0.1, -0.05) is 60.7 Å². The molecule has 0 saturated heterocycles. The van der Waals surface area contributed by atoms with Crippen molar-refractivity contribution in [2.24, 2.45) is 0 Å². The summed E-state index contributed by atoms with van der Waals surface area (Å²) in [6, 6.07) is 20.6. The Hall–Kier alpha value is -2.44. The molecular formula is C21H24N2O3S. The van der Waals surface area contributed by atoms with E-state index in [0.717, 1.165) is 11.9 Å². The van der Waals surface area contributed by atoms with Gasteiger partial charge < -0.3 is 4.57 Å². The number of hydrogen-bond donors (Lipinski definition) is 0. The van der Waals surface area contributed by atoms with Gasteiger partial charge in [0, 0.05) is 6.20 Å². The maximum Gasteiger partial charge on any atom is 0.264 e. The van der Waals surface area contributed by atoms with E-state index in [0.29, 0.717) is 12.8 Å². The zero-order valence-electron chi connectivity index (χ0n) is 15.6. The van der Waals surface area contributed by atoms with Crippen LogP contribution in [0.1, 0.15) is 30.2 Å². The Bertz CT molecular complexity index is 927. The number of benzene rings is 2. The highest BCUT2D eigenvalue weighted by atomic mass is 32.2. The Labute approximate surface area is 160 Å². The Balaban J connectivity index is 1.86. The molecule has 0 amide bonds. The maximum absolute atomic E-state index is 11.0. The lowest BCUT2D eigenvalue weighted by Gasteiger charge is -2.32. The van der Waals surface area contributed by atoms with Gasteiger partial charge in [-0.3, -0.25) is 4.18 Å². The molecule has 3 rings (SSSR count). The molecule has 6 heteroatoms. The molecule has 0 bridgehead atoms. The fraction of sp³-hybridized carbons (Fsp3) is 0.286. The van der Waals surface area contributed by atoms with Crippen LogP contribution in [0.15, 0.2) is 73.2 Å². The minimum atomic E-state index is -3.39. The van der Waals surface area contributed by atoms with Crippen LogP contribution in [0.2, 0.25) is 0 Å². The molecule has 0 saturated carbocycles. The minimum Gasteiger partial charge on any atom is -0.323 e. The quantitative estimate of drug-likeness (QED) is 0.440. The second kappa shape index (κ2) is 8.06. The zero-order chi connectivity index (χ0) is 19.3. The van der Waals surface area contributed by atoms with Crippen LogP contribution in [-0.4, -0.2) is 30.8 Å². The molecule has 3 aromatic rings. The Morgan fingerprint density at radius 2 is 1.56 bits per heavy atom. The first-order valence-electron chi connectivity index (χ1n) is 8.88. The highest BCUT2D eigenvalue weighted by Crippen LogP contribution is 2.33. The molecule has 27 heavy (non-hydrogen) atoms. The molecule has 0 aliphatic rings. The van der Waals surface area contributed by atoms with Crippen molar-refractivity contribution in [1.29, 1.82) is 0 Å². The van der Waals surface area contributed by atoms with E-state index in [9.17, 15) is 8.42 Å². The number of imidazole rings is 1. The summed E-state index contributed by atoms with van der Waals surface area (Å²) in [6.07, 6.45) is 6.18. The number of aromatic nitrogens is 2. The molecule has 0 fully saturated rings. The van der Waals surface area contributed by atoms with E-state index in [4.69, 9.17) is 4.18 Å². The fourth-order valence-electron chi connectivity index (χ4n) is 3.19. The van der Waals surface area contributed by atoms with Crippen molar-refractivity contribution in [3.05, 3.63) is 90.0 Å². The van der Waals surface area contributed by atoms with E-state index in [2.05, 4.69) is 40.7 Å². The molecule has 0 unspecified atom stereocenters. The molecule has 1 heterocycles. The second-order valence-corrected chi connectivity index (χ2v) is 8.35. The van der Waals surface area contributed by atoms with E-state index in [1.165, 1.54) is 11.1 Å². The van der Waals surface area contributed by atoms with Crippen LogP contribution in [0.3, 0.4) is 0 Å². The molecule has 0 aliphatic heterocycles. The molecule has 142 valence electrons. The van der Waals surface area contributed by atoms with Crippen molar-refractivity contribution in [3.63, 3.8) is 0 Å². The average molecular weight is 385 g/mol. The van der Waals surface area contributed by atoms with Gasteiger partial charge in [0.2, 0.25) is 0 Å². The molecule has 0 N–H and O–H groups in total. The van der Waals surface area contributed by atoms with Gasteiger partial charge in [0.1, 0.15) is 0 Å². The lowest BCUT2D eigenvalue weighted by Crippen LogP contribution is -2.31. The summed E-state index contributed by atoms with van der Waals surface area (Å²) in [5.74, 6) is 0. The van der Waals surface area contributed by atoms with E-state index < -0.39 is 15.7 Å². The Kier molecular flexibility index (Phi) is 5.77. The summed E-state index contributed by atoms with van der Waals surface area (Å²) in [7, 11) is -3.39. The van der Waals surface area contributed by atoms with Gasteiger partial charge >= 0.3 is 0 Å². The van der Waals surface area contributed by atoms with Gasteiger partial charge in [0.05, 0.1) is 30.4 Å². The van der Waals surface area contributed by atoms with Crippen molar-refractivity contribution in [2.75, 3.05) is 12.9 Å². The van der Waals surface area contributed by atoms with Gasteiger partial charge in [-0.25, -0.2) is 4.98 Å². The van der Waals surface area contributed by atoms with Crippen molar-refractivity contribution < 1.29 is 12.6 Å². The molecule has 0 radical (unpaired) electrons. The monoisotopic (exact) mass is 384 g/mol. The SMILES string of the molecule is CC(c1ccccc1)(c1ccccc1)n1cnc(CCCOS(C)(=O)=O)c1. The normalized spacial score (nSPS) is 12.2. The van der Waals surface area contributed by atoms with Gasteiger partial charge in [-0.05, 0) is 30.9 Å². The summed E-state index contributed by atoms with van der Waals surface area (Å²) < 4.78 is 29.0. The van der Waals surface area contributed by atoms with Crippen molar-refractivity contribution >= 4 is 10.1 Å². The van der Waals surface area contributed by atoms with Gasteiger partial charge in [-0.15, -0.1) is 0 Å². The van der Waals surface area contributed by atoms with Crippen LogP contribution in [0.5, 0.6) is 0 Å². The van der Waals surface area contributed by atoms with Crippen LogP contribution >= 0.6 is 0 Å². The first kappa shape index (κ1) is 19.3. The molecular weight excluding hydrogens is 360 g/mol. The first-order chi connectivity index (χ1) is 12.9. The molecule has 5 nitrogen and oxygen atoms in total. The Morgan fingerprint density at radius 3 is 2.07 bits per heavy atom. The second-order valence-electron chi connectivity index (χ2n) is 6.71. The number of aryl methyl sites for hydroxylation is 1. The van der Waals surface area contributed by atoms with E-state index >= 15 is 0 Å². The third kappa shape index (κ3) is 4.64. The first-order valence-corrected chi connectivity index (χ1v) is 10.7. The van der Waals surface area contributed by atoms with Crippen molar-refractivity contribution in [1.82, 2.24) is 9.55 Å². The van der Waals surface area contributed by atoms with Crippen LogP contribution < -0.4 is 0 Å². The summed E-state index contributed by atoms with van der Waals surface area (Å²) in [5.41, 5.74) is 2.85. The summed E-state index contributed by atoms with van der Waals surface area (Å²) in [5, 5.41) is 0. The minimum absolute atomic E-state index is 0.167. The lowest BCUT2D eigenvalue weighted by molar-refractivity contribution is 0.315. The van der Waals surface area contributed by atoms with E-state index in [-0.39, 0.29) is 6.61 Å². The van der Waals surface area contributed by atoms with E-state index in [1.807, 2.05) is 48.9 Å². The summed E-state index contributed by atoms with van der Waals surface area (Å²) in [4.78, 5) is 4.53. The van der Waals surface area contributed by atoms with Crippen LogP contribution in [-0.2, 0) is 26.3 Å². The van der Waals surface area contributed by atoms with Crippen LogP contribution in [0.4, 0.5) is 0 Å². The third-order valence-electron chi connectivity index (χ3n) is 4.70. The highest BCUT2D eigenvalue weighted by molar-refractivity contribution is 7.85. The van der Waals surface area contributed by atoms with Crippen LogP contribution in [0.25, 0.3) is 0 Å². The van der Waals surface area contributed by atoms with Crippen molar-refractivity contribution in [3.8, 4) is 0 Å². The number of nitrogens with zero attached hydrogens (tertiary/aromatic N) is 2. The van der Waals surface area contributed by atoms with E-state index in [1.54, 1.807) is 0 Å². The van der Waals surface area contributed by atoms with Gasteiger partial charge in [0.25, 0.3) is 10.1 Å².